The number of nitrogens with zero attached hydrogens (tertiary/aromatic N) is 2. The maximum atomic E-state index is 11.7. The first-order valence-electron chi connectivity index (χ1n) is 7.71. The van der Waals surface area contributed by atoms with Crippen LogP contribution in [0.4, 0.5) is 5.69 Å². The number of nitrogens with one attached hydrogen (secondary N) is 1. The van der Waals surface area contributed by atoms with Crippen LogP contribution in [0.25, 0.3) is 11.0 Å². The minimum Gasteiger partial charge on any atom is -0.396 e. The minimum absolute atomic E-state index is 0.261. The van der Waals surface area contributed by atoms with Crippen molar-refractivity contribution in [1.29, 1.82) is 0 Å². The highest BCUT2D eigenvalue weighted by Crippen LogP contribution is 2.31. The summed E-state index contributed by atoms with van der Waals surface area (Å²) in [7, 11) is 1.93. The summed E-state index contributed by atoms with van der Waals surface area (Å²) in [5.74, 6) is -0.0624. The Kier molecular flexibility index (Phi) is 4.02. The van der Waals surface area contributed by atoms with Gasteiger partial charge in [-0.25, -0.2) is 4.98 Å². The summed E-state index contributed by atoms with van der Waals surface area (Å²) in [5.41, 5.74) is 7.55. The van der Waals surface area contributed by atoms with E-state index in [1.807, 2.05) is 23.9 Å². The smallest absolute Gasteiger partial charge is 0.252 e. The molecule has 0 spiro atoms. The van der Waals surface area contributed by atoms with Gasteiger partial charge in [-0.05, 0) is 37.7 Å². The topological polar surface area (TPSA) is 93.2 Å². The molecule has 1 fully saturated rings. The Labute approximate surface area is 129 Å². The van der Waals surface area contributed by atoms with E-state index in [4.69, 9.17) is 5.73 Å². The lowest BCUT2D eigenvalue weighted by Gasteiger charge is -2.29. The third-order valence-electron chi connectivity index (χ3n) is 4.61. The summed E-state index contributed by atoms with van der Waals surface area (Å²) in [6.07, 6.45) is 7.45. The van der Waals surface area contributed by atoms with Crippen molar-refractivity contribution in [2.24, 2.45) is 18.7 Å². The Balaban J connectivity index is 1.91. The van der Waals surface area contributed by atoms with Crippen molar-refractivity contribution in [1.82, 2.24) is 9.55 Å². The Morgan fingerprint density at radius 2 is 2.18 bits per heavy atom. The molecule has 0 saturated heterocycles. The highest BCUT2D eigenvalue weighted by atomic mass is 16.3. The van der Waals surface area contributed by atoms with Crippen LogP contribution in [0.1, 0.15) is 36.0 Å². The number of nitrogens with two attached hydrogens (primary N) is 1. The molecule has 4 N–H and O–H groups in total. The van der Waals surface area contributed by atoms with Crippen molar-refractivity contribution in [3.05, 3.63) is 24.0 Å². The van der Waals surface area contributed by atoms with Crippen LogP contribution in [0.5, 0.6) is 0 Å². The number of pyridine rings is 1. The van der Waals surface area contributed by atoms with Gasteiger partial charge < -0.3 is 20.7 Å². The molecule has 22 heavy (non-hydrogen) atoms. The van der Waals surface area contributed by atoms with Gasteiger partial charge in [0.2, 0.25) is 0 Å². The third-order valence-corrected chi connectivity index (χ3v) is 4.61. The maximum absolute atomic E-state index is 11.7. The van der Waals surface area contributed by atoms with Crippen molar-refractivity contribution >= 4 is 22.6 Å². The normalized spacial score (nSPS) is 21.9. The first-order chi connectivity index (χ1) is 10.6. The number of hydrogen-bond donors (Lipinski definition) is 3. The van der Waals surface area contributed by atoms with E-state index in [-0.39, 0.29) is 6.61 Å². The SMILES string of the molecule is Cn1ccc2c(NC3CCC(CO)CC3)c(C(N)=O)cnc21. The Bertz CT molecular complexity index is 687. The molecule has 6 nitrogen and oxygen atoms in total. The molecule has 2 aromatic heterocycles. The molecule has 3 rings (SSSR count). The number of aromatic nitrogens is 2. The van der Waals surface area contributed by atoms with Crippen LogP contribution in [0.15, 0.2) is 18.5 Å². The van der Waals surface area contributed by atoms with E-state index in [9.17, 15) is 9.90 Å². The summed E-state index contributed by atoms with van der Waals surface area (Å²) in [5, 5.41) is 13.7. The monoisotopic (exact) mass is 302 g/mol. The van der Waals surface area contributed by atoms with E-state index in [1.165, 1.54) is 0 Å². The van der Waals surface area contributed by atoms with Crippen molar-refractivity contribution in [2.75, 3.05) is 11.9 Å². The van der Waals surface area contributed by atoms with Crippen molar-refractivity contribution in [2.45, 2.75) is 31.7 Å². The number of primary amides is 1. The standard InChI is InChI=1S/C16H22N4O2/c1-20-7-6-12-14(13(15(17)22)8-18-16(12)20)19-11-4-2-10(9-21)3-5-11/h6-8,10-11,21H,2-5,9H2,1H3,(H2,17,22)(H,18,19). The first kappa shape index (κ1) is 14.8. The lowest BCUT2D eigenvalue weighted by Crippen LogP contribution is -2.28. The molecule has 118 valence electrons. The molecule has 0 atom stereocenters. The first-order valence-corrected chi connectivity index (χ1v) is 7.71. The zero-order valence-corrected chi connectivity index (χ0v) is 12.7. The van der Waals surface area contributed by atoms with Crippen LogP contribution >= 0.6 is 0 Å². The van der Waals surface area contributed by atoms with Gasteiger partial charge in [-0.15, -0.1) is 0 Å². The second-order valence-corrected chi connectivity index (χ2v) is 6.12. The summed E-state index contributed by atoms with van der Waals surface area (Å²) >= 11 is 0. The molecule has 2 heterocycles. The average Bonchev–Trinajstić information content (AvgIpc) is 2.90. The number of fused-ring (bicyclic) bond motifs is 1. The van der Waals surface area contributed by atoms with Crippen LogP contribution in [0.3, 0.4) is 0 Å². The molecule has 1 aliphatic carbocycles. The molecular weight excluding hydrogens is 280 g/mol. The van der Waals surface area contributed by atoms with Gasteiger partial charge in [0, 0.05) is 37.5 Å². The Morgan fingerprint density at radius 3 is 2.82 bits per heavy atom. The molecule has 0 aliphatic heterocycles. The van der Waals surface area contributed by atoms with Crippen molar-refractivity contribution in [3.8, 4) is 0 Å². The lowest BCUT2D eigenvalue weighted by molar-refractivity contribution is 0.100. The van der Waals surface area contributed by atoms with Crippen LogP contribution in [0.2, 0.25) is 0 Å². The molecule has 0 aromatic carbocycles. The predicted molar refractivity (Wildman–Crippen MR) is 85.7 cm³/mol. The minimum atomic E-state index is -0.468. The number of rotatable bonds is 4. The average molecular weight is 302 g/mol. The number of anilines is 1. The van der Waals surface area contributed by atoms with Gasteiger partial charge in [0.1, 0.15) is 5.65 Å². The second-order valence-electron chi connectivity index (χ2n) is 6.12. The molecule has 1 aliphatic rings. The van der Waals surface area contributed by atoms with Gasteiger partial charge in [0.25, 0.3) is 5.91 Å². The van der Waals surface area contributed by atoms with Gasteiger partial charge in [-0.2, -0.15) is 0 Å². The number of hydrogen-bond acceptors (Lipinski definition) is 4. The van der Waals surface area contributed by atoms with Crippen LogP contribution < -0.4 is 11.1 Å². The molecule has 6 heteroatoms. The van der Waals surface area contributed by atoms with Gasteiger partial charge in [0.15, 0.2) is 0 Å². The summed E-state index contributed by atoms with van der Waals surface area (Å²) in [6.45, 7) is 0.261. The van der Waals surface area contributed by atoms with E-state index >= 15 is 0 Å². The summed E-state index contributed by atoms with van der Waals surface area (Å²) in [6, 6.07) is 2.25. The number of carbonyl (C=O) groups excluding carboxylic acids is 1. The molecule has 2 aromatic rings. The van der Waals surface area contributed by atoms with E-state index < -0.39 is 5.91 Å². The van der Waals surface area contributed by atoms with Crippen molar-refractivity contribution in [3.63, 3.8) is 0 Å². The Hall–Kier alpha value is -2.08. The summed E-state index contributed by atoms with van der Waals surface area (Å²) in [4.78, 5) is 16.0. The zero-order valence-electron chi connectivity index (χ0n) is 12.7. The van der Waals surface area contributed by atoms with Gasteiger partial charge in [-0.1, -0.05) is 0 Å². The lowest BCUT2D eigenvalue weighted by atomic mass is 9.86. The number of aliphatic hydroxyl groups excluding tert-OH is 1. The number of aliphatic hydroxyl groups is 1. The highest BCUT2D eigenvalue weighted by Gasteiger charge is 2.23. The maximum Gasteiger partial charge on any atom is 0.252 e. The molecule has 1 amide bonds. The van der Waals surface area contributed by atoms with Crippen molar-refractivity contribution < 1.29 is 9.90 Å². The third kappa shape index (κ3) is 2.66. The fourth-order valence-corrected chi connectivity index (χ4v) is 3.25. The van der Waals surface area contributed by atoms with E-state index in [2.05, 4.69) is 10.3 Å². The number of aryl methyl sites for hydroxylation is 1. The largest absolute Gasteiger partial charge is 0.396 e. The quantitative estimate of drug-likeness (QED) is 0.800. The summed E-state index contributed by atoms with van der Waals surface area (Å²) < 4.78 is 1.92. The van der Waals surface area contributed by atoms with Crippen LogP contribution in [-0.4, -0.2) is 33.2 Å². The zero-order chi connectivity index (χ0) is 15.7. The van der Waals surface area contributed by atoms with E-state index in [0.717, 1.165) is 42.4 Å². The van der Waals surface area contributed by atoms with E-state index in [0.29, 0.717) is 17.5 Å². The number of amides is 1. The highest BCUT2D eigenvalue weighted by molar-refractivity contribution is 6.06. The van der Waals surface area contributed by atoms with Gasteiger partial charge in [-0.3, -0.25) is 4.79 Å². The second kappa shape index (κ2) is 5.96. The van der Waals surface area contributed by atoms with Crippen LogP contribution in [0, 0.1) is 5.92 Å². The van der Waals surface area contributed by atoms with Gasteiger partial charge >= 0.3 is 0 Å². The number of carbonyl (C=O) groups is 1. The molecule has 0 unspecified atom stereocenters. The predicted octanol–water partition coefficient (Wildman–Crippen LogP) is 1.64. The van der Waals surface area contributed by atoms with Crippen LogP contribution in [-0.2, 0) is 7.05 Å². The fraction of sp³-hybridized carbons (Fsp3) is 0.500. The fourth-order valence-electron chi connectivity index (χ4n) is 3.25. The van der Waals surface area contributed by atoms with Gasteiger partial charge in [0.05, 0.1) is 11.3 Å². The molecule has 0 radical (unpaired) electrons. The molecular formula is C16H22N4O2. The molecule has 0 bridgehead atoms. The molecule has 1 saturated carbocycles. The Morgan fingerprint density at radius 1 is 1.45 bits per heavy atom. The van der Waals surface area contributed by atoms with E-state index in [1.54, 1.807) is 6.20 Å².